The Morgan fingerprint density at radius 2 is 1.89 bits per heavy atom. The van der Waals surface area contributed by atoms with Crippen molar-refractivity contribution in [3.63, 3.8) is 0 Å². The molecule has 0 amide bonds. The normalized spacial score (nSPS) is 31.4. The van der Waals surface area contributed by atoms with Gasteiger partial charge in [0.25, 0.3) is 0 Å². The van der Waals surface area contributed by atoms with Crippen LogP contribution in [0.25, 0.3) is 0 Å². The van der Waals surface area contributed by atoms with Gasteiger partial charge in [0.05, 0.1) is 5.75 Å². The van der Waals surface area contributed by atoms with Gasteiger partial charge in [-0.3, -0.25) is 0 Å². The van der Waals surface area contributed by atoms with E-state index in [0.29, 0.717) is 17.6 Å². The van der Waals surface area contributed by atoms with Crippen LogP contribution >= 0.6 is 0 Å². The standard InChI is InChI=1S/C13H26N2O2S/c1-11-3-2-4-13(9-11)15-18(16,17)10-12-5-7-14-8-6-12/h11-15H,2-10H2,1H3. The van der Waals surface area contributed by atoms with Crippen molar-refractivity contribution >= 4 is 10.0 Å². The Kier molecular flexibility index (Phi) is 5.04. The van der Waals surface area contributed by atoms with E-state index in [9.17, 15) is 8.42 Å². The van der Waals surface area contributed by atoms with E-state index in [2.05, 4.69) is 17.0 Å². The average molecular weight is 274 g/mol. The van der Waals surface area contributed by atoms with Gasteiger partial charge in [-0.25, -0.2) is 13.1 Å². The second kappa shape index (κ2) is 6.35. The van der Waals surface area contributed by atoms with Gasteiger partial charge in [0.15, 0.2) is 0 Å². The minimum Gasteiger partial charge on any atom is -0.317 e. The van der Waals surface area contributed by atoms with Crippen molar-refractivity contribution in [2.45, 2.75) is 51.5 Å². The minimum atomic E-state index is -3.08. The lowest BCUT2D eigenvalue weighted by Gasteiger charge is -2.28. The topological polar surface area (TPSA) is 58.2 Å². The molecule has 0 aromatic carbocycles. The Morgan fingerprint density at radius 1 is 1.17 bits per heavy atom. The quantitative estimate of drug-likeness (QED) is 0.816. The van der Waals surface area contributed by atoms with Crippen LogP contribution in [-0.2, 0) is 10.0 Å². The number of hydrogen-bond acceptors (Lipinski definition) is 3. The van der Waals surface area contributed by atoms with Gasteiger partial charge in [0, 0.05) is 6.04 Å². The molecule has 2 atom stereocenters. The van der Waals surface area contributed by atoms with Gasteiger partial charge in [-0.05, 0) is 50.6 Å². The van der Waals surface area contributed by atoms with Gasteiger partial charge < -0.3 is 5.32 Å². The van der Waals surface area contributed by atoms with E-state index < -0.39 is 10.0 Å². The van der Waals surface area contributed by atoms with Gasteiger partial charge in [0.2, 0.25) is 10.0 Å². The van der Waals surface area contributed by atoms with Crippen LogP contribution < -0.4 is 10.0 Å². The molecule has 1 saturated heterocycles. The molecule has 18 heavy (non-hydrogen) atoms. The number of hydrogen-bond donors (Lipinski definition) is 2. The smallest absolute Gasteiger partial charge is 0.212 e. The first-order valence-electron chi connectivity index (χ1n) is 7.26. The van der Waals surface area contributed by atoms with Crippen LogP contribution in [0.1, 0.15) is 45.4 Å². The highest BCUT2D eigenvalue weighted by molar-refractivity contribution is 7.89. The van der Waals surface area contributed by atoms with Gasteiger partial charge in [-0.2, -0.15) is 0 Å². The number of nitrogens with one attached hydrogen (secondary N) is 2. The largest absolute Gasteiger partial charge is 0.317 e. The predicted molar refractivity (Wildman–Crippen MR) is 73.9 cm³/mol. The van der Waals surface area contributed by atoms with E-state index in [1.165, 1.54) is 6.42 Å². The summed E-state index contributed by atoms with van der Waals surface area (Å²) in [6.45, 7) is 4.13. The molecular formula is C13H26N2O2S. The lowest BCUT2D eigenvalue weighted by Crippen LogP contribution is -2.41. The second-order valence-electron chi connectivity index (χ2n) is 6.06. The van der Waals surface area contributed by atoms with E-state index >= 15 is 0 Å². The van der Waals surface area contributed by atoms with Crippen LogP contribution in [0.15, 0.2) is 0 Å². The summed E-state index contributed by atoms with van der Waals surface area (Å²) in [4.78, 5) is 0. The fourth-order valence-electron chi connectivity index (χ4n) is 3.20. The van der Waals surface area contributed by atoms with E-state index in [-0.39, 0.29) is 6.04 Å². The van der Waals surface area contributed by atoms with Crippen LogP contribution in [-0.4, -0.2) is 33.3 Å². The molecule has 2 N–H and O–H groups in total. The lowest BCUT2D eigenvalue weighted by molar-refractivity contribution is 0.326. The van der Waals surface area contributed by atoms with Gasteiger partial charge in [-0.1, -0.05) is 19.8 Å². The molecule has 0 aromatic heterocycles. The molecule has 0 bridgehead atoms. The van der Waals surface area contributed by atoms with Gasteiger partial charge in [0.1, 0.15) is 0 Å². The minimum absolute atomic E-state index is 0.181. The van der Waals surface area contributed by atoms with Crippen molar-refractivity contribution in [1.82, 2.24) is 10.0 Å². The monoisotopic (exact) mass is 274 g/mol. The van der Waals surface area contributed by atoms with Crippen molar-refractivity contribution in [1.29, 1.82) is 0 Å². The van der Waals surface area contributed by atoms with E-state index in [1.807, 2.05) is 0 Å². The summed E-state index contributed by atoms with van der Waals surface area (Å²) < 4.78 is 27.2. The molecule has 0 aromatic rings. The summed E-state index contributed by atoms with van der Waals surface area (Å²) in [5.41, 5.74) is 0. The molecule has 0 spiro atoms. The summed E-state index contributed by atoms with van der Waals surface area (Å²) in [5.74, 6) is 1.31. The summed E-state index contributed by atoms with van der Waals surface area (Å²) in [6, 6.07) is 0.181. The molecule has 1 aliphatic carbocycles. The zero-order valence-electron chi connectivity index (χ0n) is 11.3. The number of sulfonamides is 1. The van der Waals surface area contributed by atoms with Gasteiger partial charge in [-0.15, -0.1) is 0 Å². The fourth-order valence-corrected chi connectivity index (χ4v) is 4.97. The molecular weight excluding hydrogens is 248 g/mol. The molecule has 4 nitrogen and oxygen atoms in total. The second-order valence-corrected chi connectivity index (χ2v) is 7.86. The Labute approximate surface area is 111 Å². The first-order chi connectivity index (χ1) is 8.55. The molecule has 2 unspecified atom stereocenters. The number of rotatable bonds is 4. The Hall–Kier alpha value is -0.130. The molecule has 2 aliphatic rings. The molecule has 1 saturated carbocycles. The fraction of sp³-hybridized carbons (Fsp3) is 1.00. The predicted octanol–water partition coefficient (Wildman–Crippen LogP) is 1.48. The highest BCUT2D eigenvalue weighted by Gasteiger charge is 2.26. The van der Waals surface area contributed by atoms with Gasteiger partial charge >= 0.3 is 0 Å². The third-order valence-electron chi connectivity index (χ3n) is 4.20. The van der Waals surface area contributed by atoms with Crippen molar-refractivity contribution in [2.24, 2.45) is 11.8 Å². The maximum Gasteiger partial charge on any atom is 0.212 e. The van der Waals surface area contributed by atoms with Crippen molar-refractivity contribution in [3.05, 3.63) is 0 Å². The van der Waals surface area contributed by atoms with Crippen LogP contribution in [0.2, 0.25) is 0 Å². The zero-order chi connectivity index (χ0) is 13.0. The Bertz CT molecular complexity index is 350. The summed E-state index contributed by atoms with van der Waals surface area (Å²) in [7, 11) is -3.08. The third kappa shape index (κ3) is 4.52. The first kappa shape index (κ1) is 14.3. The molecule has 2 fully saturated rings. The highest BCUT2D eigenvalue weighted by Crippen LogP contribution is 2.24. The average Bonchev–Trinajstić information content (AvgIpc) is 2.28. The highest BCUT2D eigenvalue weighted by atomic mass is 32.2. The van der Waals surface area contributed by atoms with Crippen molar-refractivity contribution in [2.75, 3.05) is 18.8 Å². The molecule has 2 rings (SSSR count). The molecule has 1 aliphatic heterocycles. The molecule has 106 valence electrons. The molecule has 0 radical (unpaired) electrons. The summed E-state index contributed by atoms with van der Waals surface area (Å²) >= 11 is 0. The SMILES string of the molecule is CC1CCCC(NS(=O)(=O)CC2CCNCC2)C1. The maximum atomic E-state index is 12.1. The van der Waals surface area contributed by atoms with Crippen LogP contribution in [0.5, 0.6) is 0 Å². The molecule has 1 heterocycles. The third-order valence-corrected chi connectivity index (χ3v) is 5.80. The zero-order valence-corrected chi connectivity index (χ0v) is 12.1. The lowest BCUT2D eigenvalue weighted by atomic mass is 9.88. The Morgan fingerprint density at radius 3 is 2.56 bits per heavy atom. The summed E-state index contributed by atoms with van der Waals surface area (Å²) in [5, 5.41) is 3.27. The van der Waals surface area contributed by atoms with E-state index in [1.54, 1.807) is 0 Å². The van der Waals surface area contributed by atoms with Crippen molar-refractivity contribution in [3.8, 4) is 0 Å². The van der Waals surface area contributed by atoms with E-state index in [0.717, 1.165) is 45.2 Å². The van der Waals surface area contributed by atoms with Crippen LogP contribution in [0.4, 0.5) is 0 Å². The number of piperidine rings is 1. The van der Waals surface area contributed by atoms with Crippen molar-refractivity contribution < 1.29 is 8.42 Å². The Balaban J connectivity index is 1.82. The molecule has 5 heteroatoms. The first-order valence-corrected chi connectivity index (χ1v) is 8.91. The van der Waals surface area contributed by atoms with Crippen LogP contribution in [0, 0.1) is 11.8 Å². The van der Waals surface area contributed by atoms with Crippen LogP contribution in [0.3, 0.4) is 0 Å². The van der Waals surface area contributed by atoms with E-state index in [4.69, 9.17) is 0 Å². The maximum absolute atomic E-state index is 12.1. The summed E-state index contributed by atoms with van der Waals surface area (Å²) in [6.07, 6.45) is 6.39.